The van der Waals surface area contributed by atoms with Crippen molar-refractivity contribution in [2.24, 2.45) is 0 Å². The molecule has 4 rings (SSSR count). The van der Waals surface area contributed by atoms with Crippen molar-refractivity contribution in [3.05, 3.63) is 118 Å². The van der Waals surface area contributed by atoms with E-state index in [1.807, 2.05) is 0 Å². The van der Waals surface area contributed by atoms with Gasteiger partial charge < -0.3 is 5.11 Å². The first kappa shape index (κ1) is 29.1. The minimum atomic E-state index is 0.320. The maximum absolute atomic E-state index is 8.92. The molecule has 0 saturated carbocycles. The highest BCUT2D eigenvalue weighted by molar-refractivity contribution is 5.88. The lowest BCUT2D eigenvalue weighted by Gasteiger charge is -2.12. The number of fused-ring (bicyclic) bond motifs is 1. The Balaban J connectivity index is 1.31. The fourth-order valence-corrected chi connectivity index (χ4v) is 5.71. The standard InChI is InChI=1S/C38H48O/c1-2-3-4-7-12-31-16-20-33(21-17-31)24-26-35-28-29-36(38-15-10-9-14-37(35)38)27-25-34-22-18-32(19-23-34)13-8-5-6-11-30-39/h9-10,14-23,28-29,39H,2-8,11-13,24-27,30H2,1H3. The smallest absolute Gasteiger partial charge is 0.0431 e. The molecule has 0 unspecified atom stereocenters. The van der Waals surface area contributed by atoms with Gasteiger partial charge in [0.1, 0.15) is 0 Å². The van der Waals surface area contributed by atoms with Crippen molar-refractivity contribution in [1.29, 1.82) is 0 Å². The Kier molecular flexibility index (Phi) is 12.1. The summed E-state index contributed by atoms with van der Waals surface area (Å²) in [5.41, 5.74) is 8.68. The molecule has 0 bridgehead atoms. The Morgan fingerprint density at radius 1 is 0.410 bits per heavy atom. The van der Waals surface area contributed by atoms with Gasteiger partial charge in [-0.25, -0.2) is 0 Å². The molecule has 206 valence electrons. The van der Waals surface area contributed by atoms with E-state index in [9.17, 15) is 0 Å². The van der Waals surface area contributed by atoms with Crippen LogP contribution < -0.4 is 0 Å². The maximum atomic E-state index is 8.92. The van der Waals surface area contributed by atoms with Gasteiger partial charge >= 0.3 is 0 Å². The van der Waals surface area contributed by atoms with Crippen molar-refractivity contribution in [3.8, 4) is 0 Å². The molecule has 4 aromatic rings. The Labute approximate surface area is 237 Å². The van der Waals surface area contributed by atoms with Crippen LogP contribution in [-0.4, -0.2) is 11.7 Å². The van der Waals surface area contributed by atoms with E-state index in [1.54, 1.807) is 0 Å². The summed E-state index contributed by atoms with van der Waals surface area (Å²) in [6, 6.07) is 32.3. The molecule has 0 aromatic heterocycles. The third-order valence-electron chi connectivity index (χ3n) is 8.21. The van der Waals surface area contributed by atoms with Gasteiger partial charge in [0.15, 0.2) is 0 Å². The van der Waals surface area contributed by atoms with Gasteiger partial charge in [-0.15, -0.1) is 0 Å². The van der Waals surface area contributed by atoms with E-state index >= 15 is 0 Å². The molecule has 0 amide bonds. The fraction of sp³-hybridized carbons (Fsp3) is 0.421. The number of aliphatic hydroxyl groups is 1. The van der Waals surface area contributed by atoms with Crippen molar-refractivity contribution >= 4 is 10.8 Å². The zero-order valence-electron chi connectivity index (χ0n) is 24.1. The zero-order chi connectivity index (χ0) is 27.1. The average molecular weight is 521 g/mol. The van der Waals surface area contributed by atoms with Crippen molar-refractivity contribution in [3.63, 3.8) is 0 Å². The molecule has 0 fully saturated rings. The lowest BCUT2D eigenvalue weighted by atomic mass is 9.92. The number of aryl methyl sites for hydroxylation is 6. The second kappa shape index (κ2) is 16.3. The molecule has 0 aliphatic rings. The highest BCUT2D eigenvalue weighted by atomic mass is 16.2. The Bertz CT molecular complexity index is 1240. The quantitative estimate of drug-likeness (QED) is 0.137. The van der Waals surface area contributed by atoms with Gasteiger partial charge in [-0.05, 0) is 102 Å². The van der Waals surface area contributed by atoms with Crippen molar-refractivity contribution in [2.45, 2.75) is 96.8 Å². The summed E-state index contributed by atoms with van der Waals surface area (Å²) in [5.74, 6) is 0. The molecular formula is C38H48O. The van der Waals surface area contributed by atoms with Crippen LogP contribution in [0.25, 0.3) is 10.8 Å². The largest absolute Gasteiger partial charge is 0.396 e. The van der Waals surface area contributed by atoms with E-state index in [2.05, 4.69) is 91.9 Å². The normalized spacial score (nSPS) is 11.3. The Hall–Kier alpha value is -2.90. The highest BCUT2D eigenvalue weighted by Gasteiger charge is 2.07. The van der Waals surface area contributed by atoms with Crippen LogP contribution in [-0.2, 0) is 38.5 Å². The van der Waals surface area contributed by atoms with Crippen LogP contribution in [0, 0.1) is 0 Å². The van der Waals surface area contributed by atoms with Gasteiger partial charge in [0.05, 0.1) is 0 Å². The monoisotopic (exact) mass is 520 g/mol. The molecular weight excluding hydrogens is 472 g/mol. The van der Waals surface area contributed by atoms with Crippen LogP contribution in [0.5, 0.6) is 0 Å². The number of rotatable bonds is 17. The van der Waals surface area contributed by atoms with E-state index in [1.165, 1.54) is 89.1 Å². The van der Waals surface area contributed by atoms with Gasteiger partial charge in [0.2, 0.25) is 0 Å². The summed E-state index contributed by atoms with van der Waals surface area (Å²) >= 11 is 0. The molecule has 4 aromatic carbocycles. The van der Waals surface area contributed by atoms with Crippen LogP contribution in [0.15, 0.2) is 84.9 Å². The Morgan fingerprint density at radius 2 is 0.821 bits per heavy atom. The van der Waals surface area contributed by atoms with Gasteiger partial charge in [0.25, 0.3) is 0 Å². The van der Waals surface area contributed by atoms with Gasteiger partial charge in [-0.2, -0.15) is 0 Å². The third kappa shape index (κ3) is 9.36. The van der Waals surface area contributed by atoms with Crippen LogP contribution in [0.4, 0.5) is 0 Å². The van der Waals surface area contributed by atoms with Crippen molar-refractivity contribution in [2.75, 3.05) is 6.61 Å². The summed E-state index contributed by atoms with van der Waals surface area (Å²) in [7, 11) is 0. The lowest BCUT2D eigenvalue weighted by molar-refractivity contribution is 0.282. The molecule has 39 heavy (non-hydrogen) atoms. The maximum Gasteiger partial charge on any atom is 0.0431 e. The molecule has 0 aliphatic carbocycles. The minimum Gasteiger partial charge on any atom is -0.396 e. The fourth-order valence-electron chi connectivity index (χ4n) is 5.71. The van der Waals surface area contributed by atoms with Gasteiger partial charge in [-0.3, -0.25) is 0 Å². The van der Waals surface area contributed by atoms with E-state index < -0.39 is 0 Å². The van der Waals surface area contributed by atoms with Crippen molar-refractivity contribution < 1.29 is 5.11 Å². The average Bonchev–Trinajstić information content (AvgIpc) is 2.98. The third-order valence-corrected chi connectivity index (χ3v) is 8.21. The second-order valence-electron chi connectivity index (χ2n) is 11.3. The van der Waals surface area contributed by atoms with Crippen LogP contribution in [0.1, 0.15) is 91.7 Å². The molecule has 0 aliphatic heterocycles. The van der Waals surface area contributed by atoms with Crippen LogP contribution in [0.3, 0.4) is 0 Å². The van der Waals surface area contributed by atoms with E-state index in [0.29, 0.717) is 6.61 Å². The number of hydrogen-bond donors (Lipinski definition) is 1. The Morgan fingerprint density at radius 3 is 1.26 bits per heavy atom. The van der Waals surface area contributed by atoms with E-state index in [-0.39, 0.29) is 0 Å². The summed E-state index contributed by atoms with van der Waals surface area (Å²) in [4.78, 5) is 0. The molecule has 0 radical (unpaired) electrons. The van der Waals surface area contributed by atoms with Crippen LogP contribution in [0.2, 0.25) is 0 Å². The first-order valence-electron chi connectivity index (χ1n) is 15.5. The zero-order valence-corrected chi connectivity index (χ0v) is 24.1. The minimum absolute atomic E-state index is 0.320. The van der Waals surface area contributed by atoms with Gasteiger partial charge in [0, 0.05) is 6.61 Å². The molecule has 0 atom stereocenters. The lowest BCUT2D eigenvalue weighted by Crippen LogP contribution is -1.98. The molecule has 1 N–H and O–H groups in total. The van der Waals surface area contributed by atoms with E-state index in [4.69, 9.17) is 5.11 Å². The predicted molar refractivity (Wildman–Crippen MR) is 169 cm³/mol. The molecule has 0 saturated heterocycles. The number of hydrogen-bond acceptors (Lipinski definition) is 1. The number of aliphatic hydroxyl groups excluding tert-OH is 1. The van der Waals surface area contributed by atoms with E-state index in [0.717, 1.165) is 44.9 Å². The molecule has 0 heterocycles. The highest BCUT2D eigenvalue weighted by Crippen LogP contribution is 2.26. The molecule has 0 spiro atoms. The topological polar surface area (TPSA) is 20.2 Å². The SMILES string of the molecule is CCCCCCc1ccc(CCc2ccc(CCc3ccc(CCCCCCO)cc3)c3ccccc23)cc1. The summed E-state index contributed by atoms with van der Waals surface area (Å²) < 4.78 is 0. The summed E-state index contributed by atoms with van der Waals surface area (Å²) in [5, 5.41) is 11.8. The molecule has 1 nitrogen and oxygen atoms in total. The first-order valence-corrected chi connectivity index (χ1v) is 15.5. The number of unbranched alkanes of at least 4 members (excludes halogenated alkanes) is 6. The second-order valence-corrected chi connectivity index (χ2v) is 11.3. The van der Waals surface area contributed by atoms with Gasteiger partial charge in [-0.1, -0.05) is 124 Å². The molecule has 1 heteroatoms. The summed E-state index contributed by atoms with van der Waals surface area (Å²) in [6.45, 7) is 2.59. The van der Waals surface area contributed by atoms with Crippen LogP contribution >= 0.6 is 0 Å². The first-order chi connectivity index (χ1) is 19.3. The summed E-state index contributed by atoms with van der Waals surface area (Å²) in [6.07, 6.45) is 16.5. The van der Waals surface area contributed by atoms with Crippen molar-refractivity contribution in [1.82, 2.24) is 0 Å². The predicted octanol–water partition coefficient (Wildman–Crippen LogP) is 9.63. The number of benzene rings is 4.